The van der Waals surface area contributed by atoms with E-state index < -0.39 is 24.3 Å². The number of nitrogens with one attached hydrogen (secondary N) is 1. The molecule has 1 saturated heterocycles. The Morgan fingerprint density at radius 3 is 2.36 bits per heavy atom. The van der Waals surface area contributed by atoms with E-state index in [1.807, 2.05) is 18.0 Å². The van der Waals surface area contributed by atoms with Crippen LogP contribution < -0.4 is 5.32 Å². The number of hydrogen-bond acceptors (Lipinski definition) is 8. The molecule has 1 aromatic rings. The summed E-state index contributed by atoms with van der Waals surface area (Å²) in [6, 6.07) is -1.47. The number of aliphatic hydroxyl groups excluding tert-OH is 3. The number of aliphatic hydroxyl groups is 3. The first-order valence-corrected chi connectivity index (χ1v) is 13.8. The number of rotatable bonds is 10. The number of aromatic nitrogens is 3. The first kappa shape index (κ1) is 26.0. The Balaban J connectivity index is 1.16. The fourth-order valence-corrected chi connectivity index (χ4v) is 8.34. The smallest absolute Gasteiger partial charge is 0.217 e. The lowest BCUT2D eigenvalue weighted by atomic mass is 9.50. The van der Waals surface area contributed by atoms with Gasteiger partial charge in [-0.3, -0.25) is 14.4 Å². The molecule has 0 radical (unpaired) electrons. The van der Waals surface area contributed by atoms with Crippen molar-refractivity contribution in [3.8, 4) is 0 Å². The maximum atomic E-state index is 11.7. The highest BCUT2D eigenvalue weighted by Gasteiger charge is 2.51. The van der Waals surface area contributed by atoms with Crippen molar-refractivity contribution in [2.45, 2.75) is 102 Å². The summed E-state index contributed by atoms with van der Waals surface area (Å²) in [6.45, 7) is 5.35. The summed E-state index contributed by atoms with van der Waals surface area (Å²) in [7, 11) is 0. The molecule has 10 nitrogen and oxygen atoms in total. The zero-order valence-corrected chi connectivity index (χ0v) is 21.6. The minimum atomic E-state index is -1.17. The first-order valence-electron chi connectivity index (χ1n) is 13.8. The Morgan fingerprint density at radius 1 is 1.11 bits per heavy atom. The molecule has 4 aliphatic carbocycles. The zero-order valence-electron chi connectivity index (χ0n) is 21.6. The first-order chi connectivity index (χ1) is 17.3. The Kier molecular flexibility index (Phi) is 7.70. The van der Waals surface area contributed by atoms with Crippen molar-refractivity contribution < 1.29 is 24.9 Å². The van der Waals surface area contributed by atoms with Crippen molar-refractivity contribution in [1.29, 1.82) is 0 Å². The molecule has 202 valence electrons. The van der Waals surface area contributed by atoms with Gasteiger partial charge in [0.15, 0.2) is 0 Å². The number of hydrogen-bond donors (Lipinski definition) is 4. The third-order valence-electron chi connectivity index (χ3n) is 9.35. The summed E-state index contributed by atoms with van der Waals surface area (Å²) < 4.78 is 7.96. The zero-order chi connectivity index (χ0) is 25.4. The molecular weight excluding hydrogens is 462 g/mol. The van der Waals surface area contributed by atoms with Crippen LogP contribution in [-0.4, -0.2) is 91.2 Å². The average molecular weight is 506 g/mol. The van der Waals surface area contributed by atoms with Crippen LogP contribution in [0.1, 0.15) is 64.5 Å². The second kappa shape index (κ2) is 10.6. The van der Waals surface area contributed by atoms with Crippen molar-refractivity contribution in [2.24, 2.45) is 23.2 Å². The van der Waals surface area contributed by atoms with E-state index in [2.05, 4.69) is 15.6 Å². The minimum Gasteiger partial charge on any atom is -0.395 e. The van der Waals surface area contributed by atoms with Gasteiger partial charge in [-0.05, 0) is 68.1 Å². The largest absolute Gasteiger partial charge is 0.395 e. The van der Waals surface area contributed by atoms with Crippen LogP contribution in [-0.2, 0) is 22.7 Å². The number of nitrogens with zero attached hydrogens (tertiary/aromatic N) is 4. The monoisotopic (exact) mass is 505 g/mol. The lowest BCUT2D eigenvalue weighted by molar-refractivity contribution is -0.140. The molecule has 5 aliphatic rings. The SMILES string of the molecule is CC[C@H]1[C@H](NC(C)=O)[C@@H](O)[C@H](O)[C@@H](CO)N1CCn1cc(COCC23CC4C[C@H](C2)C[C@H](C4)C3)nn1. The standard InChI is InChI=1S/C26H43N5O5/c1-3-21-23(27-16(2)33)25(35)24(34)22(13-32)31(21)5-4-30-12-20(28-29-30)14-36-15-26-9-17-6-18(10-26)8-19(7-17)11-26/h12,17-19,21-25,32,34-35H,3-11,13-15H2,1-2H3,(H,27,33)/t17-,18-,19?,21+,22-,23+,24-,25-,26?/m1/s1. The molecule has 6 rings (SSSR count). The highest BCUT2D eigenvalue weighted by Crippen LogP contribution is 2.60. The summed E-state index contributed by atoms with van der Waals surface area (Å²) in [5, 5.41) is 42.6. The van der Waals surface area contributed by atoms with Gasteiger partial charge in [-0.15, -0.1) is 5.10 Å². The molecule has 5 fully saturated rings. The minimum absolute atomic E-state index is 0.226. The molecule has 1 amide bonds. The van der Waals surface area contributed by atoms with E-state index in [1.54, 1.807) is 4.68 Å². The van der Waals surface area contributed by atoms with E-state index in [0.29, 0.717) is 31.5 Å². The second-order valence-electron chi connectivity index (χ2n) is 12.1. The van der Waals surface area contributed by atoms with Crippen molar-refractivity contribution >= 4 is 5.91 Å². The van der Waals surface area contributed by atoms with Crippen LogP contribution in [0.5, 0.6) is 0 Å². The van der Waals surface area contributed by atoms with Gasteiger partial charge in [-0.25, -0.2) is 0 Å². The van der Waals surface area contributed by atoms with Crippen LogP contribution >= 0.6 is 0 Å². The number of piperidine rings is 1. The molecule has 1 aromatic heterocycles. The number of likely N-dealkylation sites (tertiary alicyclic amines) is 1. The number of carbonyl (C=O) groups is 1. The molecule has 0 unspecified atom stereocenters. The molecule has 2 heterocycles. The summed E-state index contributed by atoms with van der Waals surface area (Å²) in [5.74, 6) is 2.47. The lowest BCUT2D eigenvalue weighted by Gasteiger charge is -2.56. The van der Waals surface area contributed by atoms with E-state index >= 15 is 0 Å². The van der Waals surface area contributed by atoms with Gasteiger partial charge in [0.1, 0.15) is 11.8 Å². The third kappa shape index (κ3) is 5.20. The Labute approximate surface area is 213 Å². The van der Waals surface area contributed by atoms with E-state index in [-0.39, 0.29) is 18.6 Å². The quantitative estimate of drug-likeness (QED) is 0.365. The molecule has 5 atom stereocenters. The fraction of sp³-hybridized carbons (Fsp3) is 0.885. The maximum absolute atomic E-state index is 11.7. The molecular formula is C26H43N5O5. The highest BCUT2D eigenvalue weighted by atomic mass is 16.5. The van der Waals surface area contributed by atoms with Crippen LogP contribution in [0.25, 0.3) is 0 Å². The fourth-order valence-electron chi connectivity index (χ4n) is 8.34. The lowest BCUT2D eigenvalue weighted by Crippen LogP contribution is -2.71. The van der Waals surface area contributed by atoms with Crippen molar-refractivity contribution in [3.05, 3.63) is 11.9 Å². The van der Waals surface area contributed by atoms with Gasteiger partial charge in [-0.1, -0.05) is 12.1 Å². The van der Waals surface area contributed by atoms with Gasteiger partial charge in [0.25, 0.3) is 0 Å². The molecule has 1 aliphatic heterocycles. The van der Waals surface area contributed by atoms with Crippen molar-refractivity contribution in [1.82, 2.24) is 25.2 Å². The molecule has 4 N–H and O–H groups in total. The van der Waals surface area contributed by atoms with Crippen LogP contribution in [0, 0.1) is 23.2 Å². The van der Waals surface area contributed by atoms with Crippen LogP contribution in [0.2, 0.25) is 0 Å². The van der Waals surface area contributed by atoms with E-state index in [0.717, 1.165) is 30.1 Å². The van der Waals surface area contributed by atoms with E-state index in [9.17, 15) is 20.1 Å². The molecule has 36 heavy (non-hydrogen) atoms. The van der Waals surface area contributed by atoms with Gasteiger partial charge in [0.05, 0.1) is 50.7 Å². The number of carbonyl (C=O) groups excluding carboxylic acids is 1. The third-order valence-corrected chi connectivity index (χ3v) is 9.35. The summed E-state index contributed by atoms with van der Waals surface area (Å²) in [6.07, 6.45) is 8.51. The molecule has 0 aromatic carbocycles. The van der Waals surface area contributed by atoms with Crippen LogP contribution in [0.3, 0.4) is 0 Å². The van der Waals surface area contributed by atoms with Crippen LogP contribution in [0.4, 0.5) is 0 Å². The van der Waals surface area contributed by atoms with E-state index in [4.69, 9.17) is 4.74 Å². The summed E-state index contributed by atoms with van der Waals surface area (Å²) in [5.41, 5.74) is 1.18. The van der Waals surface area contributed by atoms with Gasteiger partial charge < -0.3 is 25.4 Å². The molecule has 0 spiro atoms. The van der Waals surface area contributed by atoms with Crippen LogP contribution in [0.15, 0.2) is 6.20 Å². The van der Waals surface area contributed by atoms with Gasteiger partial charge >= 0.3 is 0 Å². The summed E-state index contributed by atoms with van der Waals surface area (Å²) in [4.78, 5) is 13.7. The van der Waals surface area contributed by atoms with Gasteiger partial charge in [-0.2, -0.15) is 0 Å². The number of ether oxygens (including phenoxy) is 1. The predicted molar refractivity (Wildman–Crippen MR) is 132 cm³/mol. The normalized spacial score (nSPS) is 40.0. The second-order valence-corrected chi connectivity index (χ2v) is 12.1. The number of amides is 1. The predicted octanol–water partition coefficient (Wildman–Crippen LogP) is 0.693. The average Bonchev–Trinajstić information content (AvgIpc) is 3.27. The topological polar surface area (TPSA) is 133 Å². The summed E-state index contributed by atoms with van der Waals surface area (Å²) >= 11 is 0. The molecule has 4 saturated carbocycles. The Bertz CT molecular complexity index is 874. The Hall–Kier alpha value is -1.59. The Morgan fingerprint density at radius 2 is 1.78 bits per heavy atom. The van der Waals surface area contributed by atoms with E-state index in [1.165, 1.54) is 45.4 Å². The molecule has 10 heteroatoms. The van der Waals surface area contributed by atoms with Crippen molar-refractivity contribution in [2.75, 3.05) is 19.8 Å². The maximum Gasteiger partial charge on any atom is 0.217 e. The highest BCUT2D eigenvalue weighted by molar-refractivity contribution is 5.73. The van der Waals surface area contributed by atoms with Gasteiger partial charge in [0, 0.05) is 19.5 Å². The van der Waals surface area contributed by atoms with Gasteiger partial charge in [0.2, 0.25) is 5.91 Å². The molecule has 4 bridgehead atoms. The van der Waals surface area contributed by atoms with Crippen molar-refractivity contribution in [3.63, 3.8) is 0 Å².